The smallest absolute Gasteiger partial charge is 0.233 e. The number of oxime groups is 1. The van der Waals surface area contributed by atoms with Crippen LogP contribution >= 0.6 is 11.6 Å². The van der Waals surface area contributed by atoms with Crippen molar-refractivity contribution in [2.24, 2.45) is 10.9 Å². The molecule has 0 aliphatic heterocycles. The van der Waals surface area contributed by atoms with Crippen LogP contribution in [0.1, 0.15) is 24.8 Å². The van der Waals surface area contributed by atoms with Gasteiger partial charge in [0, 0.05) is 11.8 Å². The van der Waals surface area contributed by atoms with Gasteiger partial charge in [-0.05, 0) is 25.3 Å². The number of hydrogen-bond acceptors (Lipinski definition) is 4. The lowest BCUT2D eigenvalue weighted by Gasteiger charge is -2.26. The van der Waals surface area contributed by atoms with Gasteiger partial charge in [0.25, 0.3) is 0 Å². The Morgan fingerprint density at radius 2 is 2.38 bits per heavy atom. The summed E-state index contributed by atoms with van der Waals surface area (Å²) < 4.78 is 5.58. The summed E-state index contributed by atoms with van der Waals surface area (Å²) in [6, 6.07) is 1.57. The zero-order chi connectivity index (χ0) is 11.5. The molecule has 0 aromatic carbocycles. The second-order valence-corrected chi connectivity index (χ2v) is 4.01. The summed E-state index contributed by atoms with van der Waals surface area (Å²) >= 11 is 6.05. The molecule has 0 radical (unpaired) electrons. The van der Waals surface area contributed by atoms with E-state index in [1.165, 1.54) is 12.6 Å². The number of pyridine rings is 1. The molecule has 0 amide bonds. The number of nitrogens with two attached hydrogens (primary N) is 1. The SMILES string of the molecule is N/C(=N/O)c1ccnc(OC2CCC2)c1Cl. The lowest BCUT2D eigenvalue weighted by molar-refractivity contribution is 0.115. The van der Waals surface area contributed by atoms with Crippen LogP contribution < -0.4 is 10.5 Å². The molecule has 3 N–H and O–H groups in total. The Bertz CT molecular complexity index is 419. The molecule has 1 aromatic heterocycles. The normalized spacial score (nSPS) is 16.9. The Balaban J connectivity index is 2.24. The van der Waals surface area contributed by atoms with E-state index in [9.17, 15) is 0 Å². The van der Waals surface area contributed by atoms with Gasteiger partial charge in [0.2, 0.25) is 5.88 Å². The van der Waals surface area contributed by atoms with Gasteiger partial charge in [-0.25, -0.2) is 4.98 Å². The number of amidine groups is 1. The van der Waals surface area contributed by atoms with Gasteiger partial charge in [-0.15, -0.1) is 0 Å². The van der Waals surface area contributed by atoms with Gasteiger partial charge in [0.1, 0.15) is 11.1 Å². The maximum Gasteiger partial charge on any atom is 0.233 e. The summed E-state index contributed by atoms with van der Waals surface area (Å²) in [7, 11) is 0. The number of halogens is 1. The summed E-state index contributed by atoms with van der Waals surface area (Å²) in [6.45, 7) is 0. The monoisotopic (exact) mass is 241 g/mol. The van der Waals surface area contributed by atoms with E-state index in [0.717, 1.165) is 12.8 Å². The fourth-order valence-corrected chi connectivity index (χ4v) is 1.66. The van der Waals surface area contributed by atoms with Gasteiger partial charge < -0.3 is 15.7 Å². The van der Waals surface area contributed by atoms with Crippen LogP contribution in [-0.4, -0.2) is 22.1 Å². The minimum Gasteiger partial charge on any atom is -0.473 e. The van der Waals surface area contributed by atoms with E-state index in [1.807, 2.05) is 0 Å². The van der Waals surface area contributed by atoms with E-state index in [0.29, 0.717) is 11.4 Å². The Labute approximate surface area is 97.9 Å². The highest BCUT2D eigenvalue weighted by atomic mass is 35.5. The van der Waals surface area contributed by atoms with Crippen molar-refractivity contribution in [1.82, 2.24) is 4.98 Å². The Kier molecular flexibility index (Phi) is 3.14. The van der Waals surface area contributed by atoms with E-state index in [1.54, 1.807) is 6.07 Å². The third-order valence-electron chi connectivity index (χ3n) is 2.57. The summed E-state index contributed by atoms with van der Waals surface area (Å²) in [5.74, 6) is 0.293. The van der Waals surface area contributed by atoms with Crippen molar-refractivity contribution in [3.63, 3.8) is 0 Å². The van der Waals surface area contributed by atoms with Crippen molar-refractivity contribution in [3.8, 4) is 5.88 Å². The van der Waals surface area contributed by atoms with Crippen LogP contribution in [0.15, 0.2) is 17.4 Å². The summed E-state index contributed by atoms with van der Waals surface area (Å²) in [5.41, 5.74) is 5.90. The average Bonchev–Trinajstić information content (AvgIpc) is 2.24. The molecular formula is C10H12ClN3O2. The lowest BCUT2D eigenvalue weighted by Crippen LogP contribution is -2.25. The predicted octanol–water partition coefficient (Wildman–Crippen LogP) is 1.76. The lowest BCUT2D eigenvalue weighted by atomic mass is 9.96. The van der Waals surface area contributed by atoms with Gasteiger partial charge in [-0.1, -0.05) is 16.8 Å². The van der Waals surface area contributed by atoms with E-state index >= 15 is 0 Å². The standard InChI is InChI=1S/C10H12ClN3O2/c11-8-7(9(12)14-15)4-5-13-10(8)16-6-2-1-3-6/h4-6,15H,1-3H2,(H2,12,14). The molecule has 0 bridgehead atoms. The maximum atomic E-state index is 8.59. The molecule has 2 rings (SSSR count). The first-order chi connectivity index (χ1) is 7.72. The Morgan fingerprint density at radius 3 is 2.94 bits per heavy atom. The van der Waals surface area contributed by atoms with E-state index < -0.39 is 0 Å². The van der Waals surface area contributed by atoms with Crippen LogP contribution in [0.5, 0.6) is 5.88 Å². The van der Waals surface area contributed by atoms with Gasteiger partial charge in [-0.2, -0.15) is 0 Å². The Morgan fingerprint density at radius 1 is 1.62 bits per heavy atom. The van der Waals surface area contributed by atoms with Crippen molar-refractivity contribution in [3.05, 3.63) is 22.8 Å². The highest BCUT2D eigenvalue weighted by molar-refractivity contribution is 6.35. The molecule has 1 aromatic rings. The van der Waals surface area contributed by atoms with Crippen LogP contribution in [0.2, 0.25) is 5.02 Å². The molecule has 86 valence electrons. The van der Waals surface area contributed by atoms with Crippen LogP contribution in [0, 0.1) is 0 Å². The van der Waals surface area contributed by atoms with Gasteiger partial charge >= 0.3 is 0 Å². The third kappa shape index (κ3) is 2.04. The second kappa shape index (κ2) is 4.57. The van der Waals surface area contributed by atoms with Crippen molar-refractivity contribution in [1.29, 1.82) is 0 Å². The van der Waals surface area contributed by atoms with E-state index in [2.05, 4.69) is 10.1 Å². The topological polar surface area (TPSA) is 80.7 Å². The minimum atomic E-state index is -0.0501. The molecule has 16 heavy (non-hydrogen) atoms. The largest absolute Gasteiger partial charge is 0.473 e. The molecule has 0 saturated heterocycles. The molecule has 0 unspecified atom stereocenters. The molecule has 1 aliphatic rings. The highest BCUT2D eigenvalue weighted by Gasteiger charge is 2.22. The Hall–Kier alpha value is -1.49. The first-order valence-corrected chi connectivity index (χ1v) is 5.39. The molecule has 0 spiro atoms. The fraction of sp³-hybridized carbons (Fsp3) is 0.400. The maximum absolute atomic E-state index is 8.59. The van der Waals surface area contributed by atoms with Gasteiger partial charge in [-0.3, -0.25) is 0 Å². The number of aromatic nitrogens is 1. The van der Waals surface area contributed by atoms with Gasteiger partial charge in [0.05, 0.1) is 0 Å². The van der Waals surface area contributed by atoms with Crippen LogP contribution in [-0.2, 0) is 0 Å². The minimum absolute atomic E-state index is 0.0501. The van der Waals surface area contributed by atoms with Gasteiger partial charge in [0.15, 0.2) is 5.84 Å². The van der Waals surface area contributed by atoms with E-state index in [-0.39, 0.29) is 17.0 Å². The predicted molar refractivity (Wildman–Crippen MR) is 60.0 cm³/mol. The molecule has 1 heterocycles. The molecule has 5 nitrogen and oxygen atoms in total. The van der Waals surface area contributed by atoms with Crippen molar-refractivity contribution in [2.75, 3.05) is 0 Å². The van der Waals surface area contributed by atoms with E-state index in [4.69, 9.17) is 27.3 Å². The number of nitrogens with zero attached hydrogens (tertiary/aromatic N) is 2. The highest BCUT2D eigenvalue weighted by Crippen LogP contribution is 2.30. The number of ether oxygens (including phenoxy) is 1. The summed E-state index contributed by atoms with van der Waals surface area (Å²) in [4.78, 5) is 4.03. The molecule has 1 aliphatic carbocycles. The van der Waals surface area contributed by atoms with Crippen LogP contribution in [0.25, 0.3) is 0 Å². The molecular weight excluding hydrogens is 230 g/mol. The summed E-state index contributed by atoms with van der Waals surface area (Å²) in [6.07, 6.45) is 4.92. The van der Waals surface area contributed by atoms with Crippen molar-refractivity contribution >= 4 is 17.4 Å². The van der Waals surface area contributed by atoms with Crippen LogP contribution in [0.3, 0.4) is 0 Å². The first kappa shape index (κ1) is 11.0. The van der Waals surface area contributed by atoms with Crippen molar-refractivity contribution in [2.45, 2.75) is 25.4 Å². The number of rotatable bonds is 3. The zero-order valence-electron chi connectivity index (χ0n) is 8.56. The molecule has 0 atom stereocenters. The molecule has 1 saturated carbocycles. The zero-order valence-corrected chi connectivity index (χ0v) is 9.31. The molecule has 6 heteroatoms. The average molecular weight is 242 g/mol. The summed E-state index contributed by atoms with van der Waals surface area (Å²) in [5, 5.41) is 11.8. The number of hydrogen-bond donors (Lipinski definition) is 2. The second-order valence-electron chi connectivity index (χ2n) is 3.63. The van der Waals surface area contributed by atoms with Crippen LogP contribution in [0.4, 0.5) is 0 Å². The quantitative estimate of drug-likeness (QED) is 0.366. The first-order valence-electron chi connectivity index (χ1n) is 5.01. The van der Waals surface area contributed by atoms with Crippen molar-refractivity contribution < 1.29 is 9.94 Å². The fourth-order valence-electron chi connectivity index (χ4n) is 1.40. The third-order valence-corrected chi connectivity index (χ3v) is 2.94. The molecule has 1 fully saturated rings.